The Morgan fingerprint density at radius 1 is 1.00 bits per heavy atom. The Morgan fingerprint density at radius 2 is 1.62 bits per heavy atom. The van der Waals surface area contributed by atoms with Gasteiger partial charge in [0, 0.05) is 22.5 Å². The number of aromatic nitrogens is 1. The fraction of sp³-hybridized carbons (Fsp3) is 0.263. The Balaban J connectivity index is 1.97. The lowest BCUT2D eigenvalue weighted by Crippen LogP contribution is -2.21. The summed E-state index contributed by atoms with van der Waals surface area (Å²) in [6.07, 6.45) is 0. The molecule has 1 heterocycles. The molecule has 0 radical (unpaired) electrons. The zero-order valence-electron chi connectivity index (χ0n) is 15.1. The first kappa shape index (κ1) is 19.1. The lowest BCUT2D eigenvalue weighted by atomic mass is 10.1. The Hall–Kier alpha value is -3.22. The topological polar surface area (TPSA) is 105 Å². The fourth-order valence-electron chi connectivity index (χ4n) is 2.67. The van der Waals surface area contributed by atoms with Crippen LogP contribution < -0.4 is 5.32 Å². The van der Waals surface area contributed by atoms with Crippen LogP contribution in [-0.4, -0.2) is 35.0 Å². The third-order valence-corrected chi connectivity index (χ3v) is 3.90. The molecule has 1 aromatic carbocycles. The van der Waals surface area contributed by atoms with Gasteiger partial charge in [0.2, 0.25) is 0 Å². The van der Waals surface area contributed by atoms with Crippen LogP contribution in [0.3, 0.4) is 0 Å². The average molecular weight is 356 g/mol. The molecule has 2 N–H and O–H groups in total. The molecular formula is C19H20N2O5. The van der Waals surface area contributed by atoms with Gasteiger partial charge in [-0.2, -0.15) is 0 Å². The standard InChI is InChI=1S/C19H20N2O5/c1-10-17(13(4)23)11(2)20-18(10)19(25)26-9-16(24)21-15-7-5-14(6-8-15)12(3)22/h5-8,20H,9H2,1-4H3,(H,21,24). The minimum Gasteiger partial charge on any atom is -0.451 e. The number of amides is 1. The Kier molecular flexibility index (Phi) is 5.71. The van der Waals surface area contributed by atoms with Crippen molar-refractivity contribution in [1.82, 2.24) is 4.98 Å². The number of anilines is 1. The summed E-state index contributed by atoms with van der Waals surface area (Å²) < 4.78 is 5.01. The highest BCUT2D eigenvalue weighted by Gasteiger charge is 2.21. The molecule has 0 spiro atoms. The second-order valence-electron chi connectivity index (χ2n) is 5.94. The number of ketones is 2. The molecule has 7 nitrogen and oxygen atoms in total. The summed E-state index contributed by atoms with van der Waals surface area (Å²) in [5.74, 6) is -1.44. The van der Waals surface area contributed by atoms with Crippen LogP contribution in [-0.2, 0) is 9.53 Å². The van der Waals surface area contributed by atoms with E-state index in [0.29, 0.717) is 28.1 Å². The van der Waals surface area contributed by atoms with Crippen molar-refractivity contribution in [2.75, 3.05) is 11.9 Å². The van der Waals surface area contributed by atoms with Gasteiger partial charge < -0.3 is 15.0 Å². The van der Waals surface area contributed by atoms with Crippen LogP contribution in [0.1, 0.15) is 56.3 Å². The molecule has 26 heavy (non-hydrogen) atoms. The van der Waals surface area contributed by atoms with E-state index in [1.807, 2.05) is 0 Å². The van der Waals surface area contributed by atoms with Crippen LogP contribution in [0.5, 0.6) is 0 Å². The van der Waals surface area contributed by atoms with Gasteiger partial charge in [-0.3, -0.25) is 14.4 Å². The maximum absolute atomic E-state index is 12.1. The van der Waals surface area contributed by atoms with Crippen molar-refractivity contribution in [1.29, 1.82) is 0 Å². The number of aromatic amines is 1. The van der Waals surface area contributed by atoms with Gasteiger partial charge in [-0.05, 0) is 57.5 Å². The second kappa shape index (κ2) is 7.77. The number of esters is 1. The number of hydrogen-bond acceptors (Lipinski definition) is 5. The van der Waals surface area contributed by atoms with E-state index in [0.717, 1.165) is 0 Å². The number of benzene rings is 1. The number of hydrogen-bond donors (Lipinski definition) is 2. The van der Waals surface area contributed by atoms with Gasteiger partial charge in [-0.15, -0.1) is 0 Å². The van der Waals surface area contributed by atoms with Gasteiger partial charge in [0.25, 0.3) is 5.91 Å². The van der Waals surface area contributed by atoms with E-state index < -0.39 is 18.5 Å². The molecule has 0 aliphatic carbocycles. The van der Waals surface area contributed by atoms with E-state index in [4.69, 9.17) is 4.74 Å². The molecule has 1 aromatic heterocycles. The summed E-state index contributed by atoms with van der Waals surface area (Å²) in [6.45, 7) is 5.74. The van der Waals surface area contributed by atoms with Gasteiger partial charge in [0.1, 0.15) is 5.69 Å². The van der Waals surface area contributed by atoms with E-state index in [-0.39, 0.29) is 17.3 Å². The first-order chi connectivity index (χ1) is 12.2. The first-order valence-electron chi connectivity index (χ1n) is 7.98. The highest BCUT2D eigenvalue weighted by atomic mass is 16.5. The Morgan fingerprint density at radius 3 is 2.12 bits per heavy atom. The van der Waals surface area contributed by atoms with Crippen molar-refractivity contribution in [2.45, 2.75) is 27.7 Å². The van der Waals surface area contributed by atoms with Crippen LogP contribution in [0.15, 0.2) is 24.3 Å². The molecule has 0 unspecified atom stereocenters. The van der Waals surface area contributed by atoms with Crippen molar-refractivity contribution in [3.8, 4) is 0 Å². The van der Waals surface area contributed by atoms with Gasteiger partial charge in [0.15, 0.2) is 18.2 Å². The van der Waals surface area contributed by atoms with Gasteiger partial charge in [-0.1, -0.05) is 0 Å². The summed E-state index contributed by atoms with van der Waals surface area (Å²) in [4.78, 5) is 49.7. The molecule has 0 saturated heterocycles. The average Bonchev–Trinajstić information content (AvgIpc) is 2.87. The van der Waals surface area contributed by atoms with Crippen molar-refractivity contribution in [3.05, 3.63) is 52.3 Å². The van der Waals surface area contributed by atoms with E-state index in [2.05, 4.69) is 10.3 Å². The molecule has 2 rings (SSSR count). The third kappa shape index (κ3) is 4.24. The van der Waals surface area contributed by atoms with Crippen LogP contribution >= 0.6 is 0 Å². The van der Waals surface area contributed by atoms with E-state index in [1.54, 1.807) is 38.1 Å². The molecule has 7 heteroatoms. The minimum atomic E-state index is -0.708. The zero-order chi connectivity index (χ0) is 19.4. The predicted molar refractivity (Wildman–Crippen MR) is 95.6 cm³/mol. The number of rotatable bonds is 6. The molecule has 0 atom stereocenters. The summed E-state index contributed by atoms with van der Waals surface area (Å²) in [7, 11) is 0. The molecule has 1 amide bonds. The van der Waals surface area contributed by atoms with Crippen molar-refractivity contribution < 1.29 is 23.9 Å². The van der Waals surface area contributed by atoms with E-state index >= 15 is 0 Å². The summed E-state index contributed by atoms with van der Waals surface area (Å²) in [6, 6.07) is 6.37. The van der Waals surface area contributed by atoms with Gasteiger partial charge in [0.05, 0.1) is 0 Å². The van der Waals surface area contributed by atoms with E-state index in [1.165, 1.54) is 13.8 Å². The predicted octanol–water partition coefficient (Wildman–Crippen LogP) is 2.83. The maximum Gasteiger partial charge on any atom is 0.355 e. The van der Waals surface area contributed by atoms with Gasteiger partial charge in [-0.25, -0.2) is 4.79 Å². The molecule has 0 saturated carbocycles. The van der Waals surface area contributed by atoms with Crippen LogP contribution in [0.2, 0.25) is 0 Å². The monoisotopic (exact) mass is 356 g/mol. The molecule has 0 aliphatic heterocycles. The largest absolute Gasteiger partial charge is 0.451 e. The SMILES string of the molecule is CC(=O)c1ccc(NC(=O)COC(=O)c2[nH]c(C)c(C(C)=O)c2C)cc1. The zero-order valence-corrected chi connectivity index (χ0v) is 15.1. The lowest BCUT2D eigenvalue weighted by Gasteiger charge is -2.07. The van der Waals surface area contributed by atoms with Gasteiger partial charge >= 0.3 is 5.97 Å². The number of nitrogens with one attached hydrogen (secondary N) is 2. The molecule has 0 fully saturated rings. The molecule has 0 aliphatic rings. The Labute approximate surface area is 150 Å². The molecule has 136 valence electrons. The number of carbonyl (C=O) groups is 4. The van der Waals surface area contributed by atoms with Crippen molar-refractivity contribution in [3.63, 3.8) is 0 Å². The van der Waals surface area contributed by atoms with Crippen molar-refractivity contribution >= 4 is 29.1 Å². The number of aryl methyl sites for hydroxylation is 1. The maximum atomic E-state index is 12.1. The number of H-pyrrole nitrogens is 1. The highest BCUT2D eigenvalue weighted by Crippen LogP contribution is 2.19. The lowest BCUT2D eigenvalue weighted by molar-refractivity contribution is -0.119. The smallest absolute Gasteiger partial charge is 0.355 e. The quantitative estimate of drug-likeness (QED) is 0.611. The minimum absolute atomic E-state index is 0.0710. The van der Waals surface area contributed by atoms with Crippen LogP contribution in [0.4, 0.5) is 5.69 Å². The normalized spacial score (nSPS) is 10.3. The molecular weight excluding hydrogens is 336 g/mol. The van der Waals surface area contributed by atoms with Crippen molar-refractivity contribution in [2.24, 2.45) is 0 Å². The van der Waals surface area contributed by atoms with Crippen LogP contribution in [0.25, 0.3) is 0 Å². The number of carbonyl (C=O) groups excluding carboxylic acids is 4. The molecule has 0 bridgehead atoms. The van der Waals surface area contributed by atoms with Crippen LogP contribution in [0, 0.1) is 13.8 Å². The Bertz CT molecular complexity index is 878. The second-order valence-corrected chi connectivity index (χ2v) is 5.94. The number of ether oxygens (including phenoxy) is 1. The summed E-state index contributed by atoms with van der Waals surface area (Å²) >= 11 is 0. The highest BCUT2D eigenvalue weighted by molar-refractivity contribution is 6.02. The first-order valence-corrected chi connectivity index (χ1v) is 7.98. The van der Waals surface area contributed by atoms with E-state index in [9.17, 15) is 19.2 Å². The summed E-state index contributed by atoms with van der Waals surface area (Å²) in [5.41, 5.74) is 2.71. The fourth-order valence-corrected chi connectivity index (χ4v) is 2.67. The summed E-state index contributed by atoms with van der Waals surface area (Å²) in [5, 5.41) is 2.57. The third-order valence-electron chi connectivity index (χ3n) is 3.90. The molecule has 2 aromatic rings. The number of Topliss-reactive ketones (excluding diaryl/α,β-unsaturated/α-hetero) is 2.